The number of amides is 1. The van der Waals surface area contributed by atoms with Crippen LogP contribution >= 0.6 is 0 Å². The Kier molecular flexibility index (Phi) is 4.80. The van der Waals surface area contributed by atoms with Gasteiger partial charge in [0.05, 0.1) is 13.7 Å². The van der Waals surface area contributed by atoms with Gasteiger partial charge in [-0.15, -0.1) is 0 Å². The van der Waals surface area contributed by atoms with Crippen molar-refractivity contribution >= 4 is 22.6 Å². The summed E-state index contributed by atoms with van der Waals surface area (Å²) in [7, 11) is 1.38. The van der Waals surface area contributed by atoms with E-state index in [-0.39, 0.29) is 17.3 Å². The standard InChI is InChI=1S/C24H25NO3/c1-24-13-5-8-19(11-12-22(27)28-2)23(24)25(21(26)15-24)16-17-9-10-18-6-3-4-7-20(18)14-17/h3-4,6-7,9-12,14H,5,8,13,15-16H2,1-2H3. The molecule has 0 bridgehead atoms. The molecule has 4 rings (SSSR count). The summed E-state index contributed by atoms with van der Waals surface area (Å²) in [5.41, 5.74) is 3.12. The van der Waals surface area contributed by atoms with Crippen molar-refractivity contribution in [1.29, 1.82) is 0 Å². The van der Waals surface area contributed by atoms with Crippen molar-refractivity contribution in [3.05, 3.63) is 71.5 Å². The maximum atomic E-state index is 12.9. The second-order valence-electron chi connectivity index (χ2n) is 7.98. The van der Waals surface area contributed by atoms with Crippen molar-refractivity contribution in [2.24, 2.45) is 5.41 Å². The van der Waals surface area contributed by atoms with Crippen LogP contribution < -0.4 is 0 Å². The van der Waals surface area contributed by atoms with Crippen LogP contribution in [0.1, 0.15) is 38.2 Å². The Labute approximate surface area is 165 Å². The van der Waals surface area contributed by atoms with Crippen molar-refractivity contribution < 1.29 is 14.3 Å². The molecule has 0 spiro atoms. The molecule has 1 atom stereocenters. The third-order valence-electron chi connectivity index (χ3n) is 5.94. The molecule has 2 aliphatic rings. The van der Waals surface area contributed by atoms with Crippen LogP contribution in [0.3, 0.4) is 0 Å². The summed E-state index contributed by atoms with van der Waals surface area (Å²) in [6.07, 6.45) is 6.73. The van der Waals surface area contributed by atoms with Gasteiger partial charge < -0.3 is 9.64 Å². The number of benzene rings is 2. The van der Waals surface area contributed by atoms with E-state index >= 15 is 0 Å². The number of ether oxygens (including phenoxy) is 1. The fraction of sp³-hybridized carbons (Fsp3) is 0.333. The normalized spacial score (nSPS) is 22.2. The van der Waals surface area contributed by atoms with E-state index in [1.165, 1.54) is 24.0 Å². The van der Waals surface area contributed by atoms with E-state index in [1.807, 2.05) is 23.1 Å². The Balaban J connectivity index is 1.71. The van der Waals surface area contributed by atoms with Crippen molar-refractivity contribution in [3.63, 3.8) is 0 Å². The lowest BCUT2D eigenvalue weighted by atomic mass is 9.74. The molecule has 1 saturated heterocycles. The van der Waals surface area contributed by atoms with Crippen LogP contribution in [-0.2, 0) is 20.9 Å². The first kappa shape index (κ1) is 18.5. The zero-order valence-corrected chi connectivity index (χ0v) is 16.4. The van der Waals surface area contributed by atoms with E-state index < -0.39 is 0 Å². The first-order valence-corrected chi connectivity index (χ1v) is 9.78. The molecule has 1 unspecified atom stereocenters. The minimum atomic E-state index is -0.370. The molecule has 0 aromatic heterocycles. The van der Waals surface area contributed by atoms with Crippen LogP contribution in [0.15, 0.2) is 65.9 Å². The summed E-state index contributed by atoms with van der Waals surface area (Å²) in [4.78, 5) is 26.4. The van der Waals surface area contributed by atoms with Gasteiger partial charge in [0.25, 0.3) is 0 Å². The summed E-state index contributed by atoms with van der Waals surface area (Å²) >= 11 is 0. The van der Waals surface area contributed by atoms with Crippen molar-refractivity contribution in [1.82, 2.24) is 4.90 Å². The molecule has 2 aromatic rings. The minimum Gasteiger partial charge on any atom is -0.466 e. The molecule has 4 heteroatoms. The van der Waals surface area contributed by atoms with Crippen LogP contribution in [0, 0.1) is 5.41 Å². The topological polar surface area (TPSA) is 46.6 Å². The monoisotopic (exact) mass is 375 g/mol. The molecule has 0 radical (unpaired) electrons. The number of likely N-dealkylation sites (tertiary alicyclic amines) is 1. The number of hydrogen-bond donors (Lipinski definition) is 0. The molecule has 28 heavy (non-hydrogen) atoms. The zero-order valence-electron chi connectivity index (χ0n) is 16.4. The molecule has 2 aromatic carbocycles. The third-order valence-corrected chi connectivity index (χ3v) is 5.94. The quantitative estimate of drug-likeness (QED) is 0.572. The lowest BCUT2D eigenvalue weighted by Gasteiger charge is -2.34. The van der Waals surface area contributed by atoms with Crippen LogP contribution in [-0.4, -0.2) is 23.9 Å². The van der Waals surface area contributed by atoms with E-state index in [0.717, 1.165) is 36.1 Å². The second kappa shape index (κ2) is 7.27. The number of allylic oxidation sites excluding steroid dienone is 3. The van der Waals surface area contributed by atoms with Gasteiger partial charge in [0, 0.05) is 23.6 Å². The van der Waals surface area contributed by atoms with Crippen LogP contribution in [0.2, 0.25) is 0 Å². The van der Waals surface area contributed by atoms with Gasteiger partial charge in [0.15, 0.2) is 0 Å². The molecule has 1 amide bonds. The molecule has 0 saturated carbocycles. The molecule has 1 heterocycles. The summed E-state index contributed by atoms with van der Waals surface area (Å²) in [6, 6.07) is 14.6. The predicted molar refractivity (Wildman–Crippen MR) is 109 cm³/mol. The minimum absolute atomic E-state index is 0.151. The fourth-order valence-corrected chi connectivity index (χ4v) is 4.60. The SMILES string of the molecule is COC(=O)C=CC1=C2N(Cc3ccc4ccccc4c3)C(=O)CC2(C)CCC1. The van der Waals surface area contributed by atoms with E-state index in [2.05, 4.69) is 37.3 Å². The molecule has 1 aliphatic carbocycles. The fourth-order valence-electron chi connectivity index (χ4n) is 4.60. The number of rotatable bonds is 4. The molecule has 0 N–H and O–H groups in total. The molecule has 1 aliphatic heterocycles. The Morgan fingerprint density at radius 2 is 2.00 bits per heavy atom. The average Bonchev–Trinajstić information content (AvgIpc) is 2.96. The molecule has 1 fully saturated rings. The number of esters is 1. The third kappa shape index (κ3) is 3.35. The molecule has 144 valence electrons. The Bertz CT molecular complexity index is 1000. The summed E-state index contributed by atoms with van der Waals surface area (Å²) in [5.74, 6) is -0.206. The van der Waals surface area contributed by atoms with Crippen LogP contribution in [0.4, 0.5) is 0 Å². The van der Waals surface area contributed by atoms with E-state index in [1.54, 1.807) is 0 Å². The summed E-state index contributed by atoms with van der Waals surface area (Å²) in [6.45, 7) is 2.73. The highest BCUT2D eigenvalue weighted by Gasteiger charge is 2.46. The zero-order chi connectivity index (χ0) is 19.7. The van der Waals surface area contributed by atoms with Gasteiger partial charge in [-0.05, 0) is 47.2 Å². The predicted octanol–water partition coefficient (Wildman–Crippen LogP) is 4.75. The smallest absolute Gasteiger partial charge is 0.330 e. The van der Waals surface area contributed by atoms with Gasteiger partial charge in [-0.3, -0.25) is 4.79 Å². The second-order valence-corrected chi connectivity index (χ2v) is 7.98. The van der Waals surface area contributed by atoms with Gasteiger partial charge in [-0.2, -0.15) is 0 Å². The molecular weight excluding hydrogens is 350 g/mol. The summed E-state index contributed by atoms with van der Waals surface area (Å²) < 4.78 is 4.73. The lowest BCUT2D eigenvalue weighted by Crippen LogP contribution is -2.28. The van der Waals surface area contributed by atoms with E-state index in [9.17, 15) is 9.59 Å². The maximum absolute atomic E-state index is 12.9. The maximum Gasteiger partial charge on any atom is 0.330 e. The Morgan fingerprint density at radius 3 is 2.79 bits per heavy atom. The number of hydrogen-bond acceptors (Lipinski definition) is 3. The number of fused-ring (bicyclic) bond motifs is 2. The van der Waals surface area contributed by atoms with Gasteiger partial charge in [0.2, 0.25) is 5.91 Å². The van der Waals surface area contributed by atoms with Crippen LogP contribution in [0.25, 0.3) is 10.8 Å². The highest BCUT2D eigenvalue weighted by Crippen LogP contribution is 2.50. The largest absolute Gasteiger partial charge is 0.466 e. The van der Waals surface area contributed by atoms with E-state index in [4.69, 9.17) is 4.74 Å². The van der Waals surface area contributed by atoms with Crippen LogP contribution in [0.5, 0.6) is 0 Å². The van der Waals surface area contributed by atoms with Gasteiger partial charge in [-0.25, -0.2) is 4.79 Å². The van der Waals surface area contributed by atoms with Crippen molar-refractivity contribution in [2.45, 2.75) is 39.2 Å². The van der Waals surface area contributed by atoms with Gasteiger partial charge in [0.1, 0.15) is 0 Å². The number of carbonyl (C=O) groups excluding carboxylic acids is 2. The highest BCUT2D eigenvalue weighted by atomic mass is 16.5. The first-order chi connectivity index (χ1) is 13.5. The Morgan fingerprint density at radius 1 is 1.21 bits per heavy atom. The average molecular weight is 375 g/mol. The molecule has 4 nitrogen and oxygen atoms in total. The van der Waals surface area contributed by atoms with Gasteiger partial charge >= 0.3 is 5.97 Å². The Hall–Kier alpha value is -2.88. The van der Waals surface area contributed by atoms with Crippen molar-refractivity contribution in [2.75, 3.05) is 7.11 Å². The van der Waals surface area contributed by atoms with Gasteiger partial charge in [-0.1, -0.05) is 49.4 Å². The lowest BCUT2D eigenvalue weighted by molar-refractivity contribution is -0.134. The number of carbonyl (C=O) groups is 2. The number of methoxy groups -OCH3 is 1. The highest BCUT2D eigenvalue weighted by molar-refractivity contribution is 5.86. The number of nitrogens with zero attached hydrogens (tertiary/aromatic N) is 1. The molecular formula is C24H25NO3. The first-order valence-electron chi connectivity index (χ1n) is 9.78. The summed E-state index contributed by atoms with van der Waals surface area (Å²) in [5, 5.41) is 2.38. The van der Waals surface area contributed by atoms with Crippen molar-refractivity contribution in [3.8, 4) is 0 Å². The van der Waals surface area contributed by atoms with E-state index in [0.29, 0.717) is 13.0 Å².